The molecule has 162 valence electrons. The summed E-state index contributed by atoms with van der Waals surface area (Å²) < 4.78 is 1.61. The fourth-order valence-corrected chi connectivity index (χ4v) is 3.15. The first-order valence-electron chi connectivity index (χ1n) is 9.99. The third-order valence-electron chi connectivity index (χ3n) is 4.79. The molecule has 3 rings (SSSR count). The van der Waals surface area contributed by atoms with Gasteiger partial charge in [-0.05, 0) is 48.6 Å². The summed E-state index contributed by atoms with van der Waals surface area (Å²) in [6.45, 7) is 4.82. The van der Waals surface area contributed by atoms with Crippen molar-refractivity contribution >= 4 is 41.4 Å². The van der Waals surface area contributed by atoms with E-state index in [1.807, 2.05) is 42.5 Å². The molecular weight excluding hydrogens is 501 g/mol. The van der Waals surface area contributed by atoms with Gasteiger partial charge >= 0.3 is 0 Å². The summed E-state index contributed by atoms with van der Waals surface area (Å²) >= 11 is 0. The molecule has 0 spiro atoms. The molecule has 0 saturated carbocycles. The number of nitrogens with one attached hydrogen (secondary N) is 1. The van der Waals surface area contributed by atoms with Crippen molar-refractivity contribution in [2.75, 3.05) is 17.6 Å². The van der Waals surface area contributed by atoms with Crippen molar-refractivity contribution < 1.29 is 0 Å². The number of nitrogen functional groups attached to an aromatic ring is 1. The molecule has 8 heteroatoms. The summed E-state index contributed by atoms with van der Waals surface area (Å²) in [5.41, 5.74) is 16.2. The Morgan fingerprint density at radius 1 is 1.19 bits per heavy atom. The molecule has 0 aliphatic carbocycles. The molecule has 0 bridgehead atoms. The highest BCUT2D eigenvalue weighted by molar-refractivity contribution is 14.0. The van der Waals surface area contributed by atoms with Crippen molar-refractivity contribution in [3.8, 4) is 11.8 Å². The van der Waals surface area contributed by atoms with Crippen molar-refractivity contribution in [1.82, 2.24) is 9.78 Å². The normalized spacial score (nSPS) is 11.1. The van der Waals surface area contributed by atoms with Gasteiger partial charge in [0.25, 0.3) is 0 Å². The molecule has 0 radical (unpaired) electrons. The number of halogens is 1. The zero-order valence-electron chi connectivity index (χ0n) is 17.7. The molecule has 3 aromatic rings. The smallest absolute Gasteiger partial charge is 0.193 e. The molecule has 0 unspecified atom stereocenters. The average Bonchev–Trinajstić information content (AvgIpc) is 3.07. The van der Waals surface area contributed by atoms with Crippen molar-refractivity contribution in [2.45, 2.75) is 32.6 Å². The molecule has 31 heavy (non-hydrogen) atoms. The minimum absolute atomic E-state index is 0. The number of aliphatic imine (C=N–C) groups is 1. The molecule has 0 atom stereocenters. The summed E-state index contributed by atoms with van der Waals surface area (Å²) in [6.07, 6.45) is 1.29. The summed E-state index contributed by atoms with van der Waals surface area (Å²) in [4.78, 5) is 4.39. The maximum Gasteiger partial charge on any atom is 0.193 e. The molecule has 5 N–H and O–H groups in total. The molecular formula is C23H28IN7. The third-order valence-corrected chi connectivity index (χ3v) is 4.79. The Kier molecular flexibility index (Phi) is 8.88. The number of guanidine groups is 1. The number of rotatable bonds is 7. The standard InChI is InChI=1S/C23H27N7.HI/c1-16(2)17-8-6-9-18(14-17)28-23(26)27-13-7-12-21-20(15-24)22(25)30(29-21)19-10-4-3-5-11-19;/h3-6,8-11,14,16H,7,12-13,25H2,1-2H3,(H3,26,27,28);1H. The minimum atomic E-state index is 0. The minimum Gasteiger partial charge on any atom is -0.382 e. The van der Waals surface area contributed by atoms with Gasteiger partial charge in [0.1, 0.15) is 17.5 Å². The molecule has 0 aliphatic heterocycles. The monoisotopic (exact) mass is 529 g/mol. The molecule has 0 saturated heterocycles. The number of hydrogen-bond acceptors (Lipinski definition) is 4. The van der Waals surface area contributed by atoms with Crippen LogP contribution in [0, 0.1) is 11.3 Å². The SMILES string of the molecule is CC(C)c1cccc(NC(N)=NCCCc2nn(-c3ccccc3)c(N)c2C#N)c1.I. The Morgan fingerprint density at radius 2 is 1.94 bits per heavy atom. The van der Waals surface area contributed by atoms with Gasteiger partial charge in [0.2, 0.25) is 0 Å². The van der Waals surface area contributed by atoms with Crippen LogP contribution in [0.2, 0.25) is 0 Å². The van der Waals surface area contributed by atoms with E-state index in [1.54, 1.807) is 4.68 Å². The largest absolute Gasteiger partial charge is 0.382 e. The van der Waals surface area contributed by atoms with Crippen molar-refractivity contribution in [3.63, 3.8) is 0 Å². The number of nitriles is 1. The molecule has 0 amide bonds. The van der Waals surface area contributed by atoms with Gasteiger partial charge in [-0.3, -0.25) is 4.99 Å². The van der Waals surface area contributed by atoms with Gasteiger partial charge in [0.05, 0.1) is 11.4 Å². The van der Waals surface area contributed by atoms with E-state index >= 15 is 0 Å². The predicted molar refractivity (Wildman–Crippen MR) is 137 cm³/mol. The molecule has 1 heterocycles. The Bertz CT molecular complexity index is 1070. The second-order valence-corrected chi connectivity index (χ2v) is 7.34. The molecule has 0 fully saturated rings. The van der Waals surface area contributed by atoms with Gasteiger partial charge in [0, 0.05) is 12.2 Å². The van der Waals surface area contributed by atoms with Gasteiger partial charge in [-0.15, -0.1) is 24.0 Å². The number of aryl methyl sites for hydroxylation is 1. The first kappa shape index (κ1) is 24.2. The lowest BCUT2D eigenvalue weighted by Gasteiger charge is -2.09. The van der Waals surface area contributed by atoms with Crippen molar-refractivity contribution in [1.29, 1.82) is 5.26 Å². The van der Waals surface area contributed by atoms with Crippen molar-refractivity contribution in [3.05, 3.63) is 71.4 Å². The fraction of sp³-hybridized carbons (Fsp3) is 0.261. The summed E-state index contributed by atoms with van der Waals surface area (Å²) in [5.74, 6) is 1.17. The number of hydrogen-bond donors (Lipinski definition) is 3. The van der Waals surface area contributed by atoms with Crippen LogP contribution in [0.5, 0.6) is 0 Å². The molecule has 7 nitrogen and oxygen atoms in total. The van der Waals surface area contributed by atoms with E-state index in [-0.39, 0.29) is 24.0 Å². The van der Waals surface area contributed by atoms with E-state index in [0.717, 1.165) is 11.4 Å². The van der Waals surface area contributed by atoms with Crippen LogP contribution in [0.25, 0.3) is 5.69 Å². The second kappa shape index (κ2) is 11.4. The maximum absolute atomic E-state index is 9.49. The van der Waals surface area contributed by atoms with Gasteiger partial charge in [-0.25, -0.2) is 4.68 Å². The van der Waals surface area contributed by atoms with Gasteiger partial charge in [-0.1, -0.05) is 44.2 Å². The Labute approximate surface area is 200 Å². The van der Waals surface area contributed by atoms with Crippen LogP contribution in [-0.4, -0.2) is 22.3 Å². The number of para-hydroxylation sites is 1. The quantitative estimate of drug-likeness (QED) is 0.181. The zero-order chi connectivity index (χ0) is 21.5. The Balaban J connectivity index is 0.00000341. The van der Waals surface area contributed by atoms with E-state index in [4.69, 9.17) is 11.5 Å². The number of nitrogens with two attached hydrogens (primary N) is 2. The lowest BCUT2D eigenvalue weighted by Crippen LogP contribution is -2.23. The highest BCUT2D eigenvalue weighted by atomic mass is 127. The molecule has 0 aliphatic rings. The van der Waals surface area contributed by atoms with E-state index in [0.29, 0.717) is 48.3 Å². The second-order valence-electron chi connectivity index (χ2n) is 7.34. The van der Waals surface area contributed by atoms with Crippen LogP contribution < -0.4 is 16.8 Å². The van der Waals surface area contributed by atoms with Gasteiger partial charge in [-0.2, -0.15) is 10.4 Å². The van der Waals surface area contributed by atoms with E-state index in [1.165, 1.54) is 5.56 Å². The maximum atomic E-state index is 9.49. The highest BCUT2D eigenvalue weighted by Crippen LogP contribution is 2.21. The number of nitrogens with zero attached hydrogens (tertiary/aromatic N) is 4. The first-order valence-corrected chi connectivity index (χ1v) is 9.99. The first-order chi connectivity index (χ1) is 14.5. The van der Waals surface area contributed by atoms with E-state index in [9.17, 15) is 5.26 Å². The molecule has 1 aromatic heterocycles. The lowest BCUT2D eigenvalue weighted by molar-refractivity contribution is 0.776. The summed E-state index contributed by atoms with van der Waals surface area (Å²) in [7, 11) is 0. The highest BCUT2D eigenvalue weighted by Gasteiger charge is 2.16. The third kappa shape index (κ3) is 6.21. The Morgan fingerprint density at radius 3 is 2.61 bits per heavy atom. The number of aromatic nitrogens is 2. The number of anilines is 2. The van der Waals surface area contributed by atoms with Gasteiger partial charge < -0.3 is 16.8 Å². The van der Waals surface area contributed by atoms with E-state index in [2.05, 4.69) is 47.5 Å². The Hall–Kier alpha value is -3.06. The van der Waals surface area contributed by atoms with Crippen LogP contribution in [0.4, 0.5) is 11.5 Å². The summed E-state index contributed by atoms with van der Waals surface area (Å²) in [6, 6.07) is 19.8. The van der Waals surface area contributed by atoms with Crippen LogP contribution in [0.1, 0.15) is 43.0 Å². The fourth-order valence-electron chi connectivity index (χ4n) is 3.15. The predicted octanol–water partition coefficient (Wildman–Crippen LogP) is 4.43. The van der Waals surface area contributed by atoms with Crippen LogP contribution in [-0.2, 0) is 6.42 Å². The topological polar surface area (TPSA) is 118 Å². The lowest BCUT2D eigenvalue weighted by atomic mass is 10.0. The van der Waals surface area contributed by atoms with E-state index < -0.39 is 0 Å². The summed E-state index contributed by atoms with van der Waals surface area (Å²) in [5, 5.41) is 17.2. The zero-order valence-corrected chi connectivity index (χ0v) is 20.1. The molecule has 2 aromatic carbocycles. The average molecular weight is 529 g/mol. The van der Waals surface area contributed by atoms with Crippen LogP contribution in [0.3, 0.4) is 0 Å². The van der Waals surface area contributed by atoms with Gasteiger partial charge in [0.15, 0.2) is 5.96 Å². The van der Waals surface area contributed by atoms with Crippen molar-refractivity contribution in [2.24, 2.45) is 10.7 Å². The van der Waals surface area contributed by atoms with Crippen LogP contribution in [0.15, 0.2) is 59.6 Å². The van der Waals surface area contributed by atoms with Crippen LogP contribution >= 0.6 is 24.0 Å². The number of benzene rings is 2.